The van der Waals surface area contributed by atoms with Crippen LogP contribution in [0.25, 0.3) is 0 Å². The number of hydrogen-bond donors (Lipinski definition) is 1. The molecule has 0 radical (unpaired) electrons. The van der Waals surface area contributed by atoms with Crippen LogP contribution >= 0.6 is 11.8 Å². The SMILES string of the molecule is CSc1ccccc1C(=O)NC1CCC(Oc2ccc(C)cn2)CC1. The predicted molar refractivity (Wildman–Crippen MR) is 101 cm³/mol. The highest BCUT2D eigenvalue weighted by molar-refractivity contribution is 7.98. The van der Waals surface area contributed by atoms with Gasteiger partial charge in [-0.3, -0.25) is 4.79 Å². The normalized spacial score (nSPS) is 20.1. The second-order valence-electron chi connectivity index (χ2n) is 6.44. The molecule has 1 N–H and O–H groups in total. The quantitative estimate of drug-likeness (QED) is 0.815. The summed E-state index contributed by atoms with van der Waals surface area (Å²) >= 11 is 1.60. The Morgan fingerprint density at radius 1 is 1.16 bits per heavy atom. The van der Waals surface area contributed by atoms with E-state index in [1.54, 1.807) is 11.8 Å². The van der Waals surface area contributed by atoms with Gasteiger partial charge in [-0.25, -0.2) is 4.98 Å². The maximum atomic E-state index is 12.5. The molecule has 1 aromatic carbocycles. The summed E-state index contributed by atoms with van der Waals surface area (Å²) < 4.78 is 5.96. The van der Waals surface area contributed by atoms with Gasteiger partial charge in [0.05, 0.1) is 5.56 Å². The Kier molecular flexibility index (Phi) is 5.97. The number of thioether (sulfide) groups is 1. The minimum Gasteiger partial charge on any atom is -0.474 e. The average molecular weight is 356 g/mol. The van der Waals surface area contributed by atoms with Gasteiger partial charge in [-0.15, -0.1) is 11.8 Å². The smallest absolute Gasteiger partial charge is 0.252 e. The lowest BCUT2D eigenvalue weighted by atomic mass is 9.92. The number of amides is 1. The van der Waals surface area contributed by atoms with E-state index >= 15 is 0 Å². The average Bonchev–Trinajstić information content (AvgIpc) is 2.65. The first-order valence-corrected chi connectivity index (χ1v) is 9.91. The Morgan fingerprint density at radius 3 is 2.60 bits per heavy atom. The zero-order chi connectivity index (χ0) is 17.6. The van der Waals surface area contributed by atoms with Crippen LogP contribution in [0, 0.1) is 6.92 Å². The summed E-state index contributed by atoms with van der Waals surface area (Å²) in [6.07, 6.45) is 7.74. The van der Waals surface area contributed by atoms with Crippen molar-refractivity contribution < 1.29 is 9.53 Å². The van der Waals surface area contributed by atoms with E-state index in [4.69, 9.17) is 4.74 Å². The highest BCUT2D eigenvalue weighted by atomic mass is 32.2. The van der Waals surface area contributed by atoms with Crippen LogP contribution in [0.5, 0.6) is 5.88 Å². The fourth-order valence-corrected chi connectivity index (χ4v) is 3.71. The van der Waals surface area contributed by atoms with E-state index in [0.717, 1.165) is 41.7 Å². The summed E-state index contributed by atoms with van der Waals surface area (Å²) in [7, 11) is 0. The second-order valence-corrected chi connectivity index (χ2v) is 7.29. The molecule has 1 fully saturated rings. The van der Waals surface area contributed by atoms with Gasteiger partial charge in [0.15, 0.2) is 0 Å². The molecule has 1 aliphatic carbocycles. The number of carbonyl (C=O) groups excluding carboxylic acids is 1. The number of carbonyl (C=O) groups is 1. The maximum Gasteiger partial charge on any atom is 0.252 e. The number of benzene rings is 1. The Bertz CT molecular complexity index is 710. The molecular weight excluding hydrogens is 332 g/mol. The topological polar surface area (TPSA) is 51.2 Å². The van der Waals surface area contributed by atoms with Crippen LogP contribution < -0.4 is 10.1 Å². The molecule has 0 unspecified atom stereocenters. The molecule has 1 saturated carbocycles. The van der Waals surface area contributed by atoms with Gasteiger partial charge < -0.3 is 10.1 Å². The van der Waals surface area contributed by atoms with Crippen LogP contribution in [0.15, 0.2) is 47.5 Å². The van der Waals surface area contributed by atoms with E-state index in [0.29, 0.717) is 5.88 Å². The second kappa shape index (κ2) is 8.39. The van der Waals surface area contributed by atoms with E-state index in [1.165, 1.54) is 0 Å². The van der Waals surface area contributed by atoms with Crippen molar-refractivity contribution in [2.75, 3.05) is 6.26 Å². The summed E-state index contributed by atoms with van der Waals surface area (Å²) in [4.78, 5) is 17.9. The Hall–Kier alpha value is -2.01. The largest absolute Gasteiger partial charge is 0.474 e. The maximum absolute atomic E-state index is 12.5. The van der Waals surface area contributed by atoms with Crippen molar-refractivity contribution in [3.63, 3.8) is 0 Å². The third kappa shape index (κ3) is 4.75. The fraction of sp³-hybridized carbons (Fsp3) is 0.400. The van der Waals surface area contributed by atoms with Gasteiger partial charge in [0, 0.05) is 23.2 Å². The molecule has 3 rings (SSSR count). The van der Waals surface area contributed by atoms with Crippen molar-refractivity contribution in [1.82, 2.24) is 10.3 Å². The van der Waals surface area contributed by atoms with E-state index in [9.17, 15) is 4.79 Å². The van der Waals surface area contributed by atoms with Crippen molar-refractivity contribution in [2.45, 2.75) is 49.6 Å². The first kappa shape index (κ1) is 17.8. The van der Waals surface area contributed by atoms with E-state index in [1.807, 2.05) is 55.8 Å². The number of hydrogen-bond acceptors (Lipinski definition) is 4. The standard InChI is InChI=1S/C20H24N2O2S/c1-14-7-12-19(21-13-14)24-16-10-8-15(9-11-16)22-20(23)17-5-3-4-6-18(17)25-2/h3-7,12-13,15-16H,8-11H2,1-2H3,(H,22,23). The van der Waals surface area contributed by atoms with Crippen LogP contribution in [0.4, 0.5) is 0 Å². The molecule has 0 aliphatic heterocycles. The Labute approximate surface area is 153 Å². The number of nitrogens with one attached hydrogen (secondary N) is 1. The lowest BCUT2D eigenvalue weighted by Crippen LogP contribution is -2.39. The molecule has 1 aliphatic rings. The van der Waals surface area contributed by atoms with Crippen molar-refractivity contribution >= 4 is 17.7 Å². The molecule has 0 saturated heterocycles. The van der Waals surface area contributed by atoms with Gasteiger partial charge in [-0.05, 0) is 56.6 Å². The number of ether oxygens (including phenoxy) is 1. The minimum absolute atomic E-state index is 0.0227. The molecule has 1 aromatic heterocycles. The molecule has 1 amide bonds. The molecule has 0 spiro atoms. The van der Waals surface area contributed by atoms with E-state index in [-0.39, 0.29) is 18.1 Å². The lowest BCUT2D eigenvalue weighted by molar-refractivity contribution is 0.0887. The highest BCUT2D eigenvalue weighted by Gasteiger charge is 2.24. The first-order chi connectivity index (χ1) is 12.2. The van der Waals surface area contributed by atoms with Crippen molar-refractivity contribution in [2.24, 2.45) is 0 Å². The zero-order valence-corrected chi connectivity index (χ0v) is 15.5. The van der Waals surface area contributed by atoms with Crippen molar-refractivity contribution in [3.05, 3.63) is 53.7 Å². The molecular formula is C20H24N2O2S. The summed E-state index contributed by atoms with van der Waals surface area (Å²) in [5, 5.41) is 3.18. The molecule has 2 aromatic rings. The predicted octanol–water partition coefficient (Wildman–Crippen LogP) is 4.23. The summed E-state index contributed by atoms with van der Waals surface area (Å²) in [5.74, 6) is 0.710. The van der Waals surface area contributed by atoms with Crippen LogP contribution in [0.1, 0.15) is 41.6 Å². The van der Waals surface area contributed by atoms with Gasteiger partial charge in [0.25, 0.3) is 5.91 Å². The minimum atomic E-state index is 0.0227. The highest BCUT2D eigenvalue weighted by Crippen LogP contribution is 2.24. The first-order valence-electron chi connectivity index (χ1n) is 8.69. The summed E-state index contributed by atoms with van der Waals surface area (Å²) in [6, 6.07) is 11.9. The molecule has 25 heavy (non-hydrogen) atoms. The third-order valence-corrected chi connectivity index (χ3v) is 5.33. The van der Waals surface area contributed by atoms with Gasteiger partial charge in [-0.2, -0.15) is 0 Å². The summed E-state index contributed by atoms with van der Waals surface area (Å²) in [5.41, 5.74) is 1.89. The van der Waals surface area contributed by atoms with Gasteiger partial charge in [0.1, 0.15) is 6.10 Å². The number of aryl methyl sites for hydroxylation is 1. The van der Waals surface area contributed by atoms with Crippen molar-refractivity contribution in [1.29, 1.82) is 0 Å². The zero-order valence-electron chi connectivity index (χ0n) is 14.7. The van der Waals surface area contributed by atoms with Crippen LogP contribution in [-0.2, 0) is 0 Å². The molecule has 132 valence electrons. The lowest BCUT2D eigenvalue weighted by Gasteiger charge is -2.29. The van der Waals surface area contributed by atoms with E-state index in [2.05, 4.69) is 10.3 Å². The number of nitrogens with zero attached hydrogens (tertiary/aromatic N) is 1. The van der Waals surface area contributed by atoms with Crippen LogP contribution in [0.2, 0.25) is 0 Å². The van der Waals surface area contributed by atoms with Crippen LogP contribution in [0.3, 0.4) is 0 Å². The Morgan fingerprint density at radius 2 is 1.92 bits per heavy atom. The molecule has 5 heteroatoms. The van der Waals surface area contributed by atoms with Crippen molar-refractivity contribution in [3.8, 4) is 5.88 Å². The molecule has 1 heterocycles. The van der Waals surface area contributed by atoms with Crippen LogP contribution in [-0.4, -0.2) is 29.3 Å². The molecule has 0 bridgehead atoms. The summed E-state index contributed by atoms with van der Waals surface area (Å²) in [6.45, 7) is 2.01. The Balaban J connectivity index is 1.50. The van der Waals surface area contributed by atoms with Gasteiger partial charge in [0.2, 0.25) is 5.88 Å². The number of aromatic nitrogens is 1. The number of rotatable bonds is 5. The molecule has 0 atom stereocenters. The van der Waals surface area contributed by atoms with E-state index < -0.39 is 0 Å². The van der Waals surface area contributed by atoms with Gasteiger partial charge >= 0.3 is 0 Å². The third-order valence-electron chi connectivity index (χ3n) is 4.53. The molecule has 4 nitrogen and oxygen atoms in total. The van der Waals surface area contributed by atoms with Gasteiger partial charge in [-0.1, -0.05) is 18.2 Å². The fourth-order valence-electron chi connectivity index (χ4n) is 3.12. The number of pyridine rings is 1. The monoisotopic (exact) mass is 356 g/mol.